The topological polar surface area (TPSA) is 61.5 Å². The Balaban J connectivity index is 1.45. The Hall–Kier alpha value is -4.24. The number of esters is 1. The third kappa shape index (κ3) is 5.81. The number of hydrogen-bond acceptors (Lipinski definition) is 5. The first-order valence-corrected chi connectivity index (χ1v) is 15.9. The maximum atomic E-state index is 16.2. The molecule has 236 valence electrons. The molecule has 0 fully saturated rings. The maximum absolute atomic E-state index is 16.2. The quantitative estimate of drug-likeness (QED) is 0.134. The van der Waals surface area contributed by atoms with Crippen molar-refractivity contribution in [2.45, 2.75) is 59.0 Å². The van der Waals surface area contributed by atoms with Gasteiger partial charge in [-0.05, 0) is 100.0 Å². The molecule has 9 heteroatoms. The molecule has 7 nitrogen and oxygen atoms in total. The van der Waals surface area contributed by atoms with Crippen LogP contribution >= 0.6 is 0 Å². The van der Waals surface area contributed by atoms with E-state index in [0.29, 0.717) is 56.0 Å². The third-order valence-electron chi connectivity index (χ3n) is 8.79. The number of halogens is 2. The van der Waals surface area contributed by atoms with Gasteiger partial charge in [0, 0.05) is 47.7 Å². The van der Waals surface area contributed by atoms with Crippen molar-refractivity contribution in [3.05, 3.63) is 82.8 Å². The maximum Gasteiger partial charge on any atom is 0.355 e. The average molecular weight is 615 g/mol. The number of benzene rings is 3. The number of rotatable bonds is 8. The van der Waals surface area contributed by atoms with Gasteiger partial charge in [-0.3, -0.25) is 4.68 Å². The van der Waals surface area contributed by atoms with E-state index >= 15 is 4.39 Å². The molecule has 45 heavy (non-hydrogen) atoms. The number of hydrogen-bond donors (Lipinski definition) is 0. The zero-order valence-electron chi connectivity index (χ0n) is 26.5. The normalized spacial score (nSPS) is 14.0. The monoisotopic (exact) mass is 614 g/mol. The number of carbonyl (C=O) groups excluding carboxylic acids is 1. The molecule has 5 aromatic rings. The molecule has 0 N–H and O–H groups in total. The highest BCUT2D eigenvalue weighted by atomic mass is 19.1. The van der Waals surface area contributed by atoms with Gasteiger partial charge in [0.25, 0.3) is 0 Å². The number of aromatic nitrogens is 3. The average Bonchev–Trinajstić information content (AvgIpc) is 3.49. The second-order valence-corrected chi connectivity index (χ2v) is 11.8. The summed E-state index contributed by atoms with van der Waals surface area (Å²) in [5, 5.41) is 7.32. The molecule has 2 aromatic heterocycles. The van der Waals surface area contributed by atoms with E-state index in [1.165, 1.54) is 18.2 Å². The number of aryl methyl sites for hydroxylation is 3. The van der Waals surface area contributed by atoms with Gasteiger partial charge in [0.15, 0.2) is 0 Å². The summed E-state index contributed by atoms with van der Waals surface area (Å²) >= 11 is 0. The van der Waals surface area contributed by atoms with Crippen LogP contribution in [0, 0.1) is 11.6 Å². The fourth-order valence-corrected chi connectivity index (χ4v) is 6.83. The van der Waals surface area contributed by atoms with Crippen molar-refractivity contribution < 1.29 is 23.0 Å². The van der Waals surface area contributed by atoms with Gasteiger partial charge in [0.05, 0.1) is 24.4 Å². The van der Waals surface area contributed by atoms with Gasteiger partial charge >= 0.3 is 5.97 Å². The van der Waals surface area contributed by atoms with Crippen LogP contribution in [0.3, 0.4) is 0 Å². The predicted octanol–water partition coefficient (Wildman–Crippen LogP) is 7.45. The van der Waals surface area contributed by atoms with Crippen molar-refractivity contribution in [1.29, 1.82) is 0 Å². The molecule has 0 radical (unpaired) electrons. The lowest BCUT2D eigenvalue weighted by Crippen LogP contribution is -2.20. The minimum atomic E-state index is -0.402. The molecule has 6 rings (SSSR count). The highest BCUT2D eigenvalue weighted by Crippen LogP contribution is 2.41. The Morgan fingerprint density at radius 3 is 2.58 bits per heavy atom. The zero-order chi connectivity index (χ0) is 31.7. The van der Waals surface area contributed by atoms with Crippen molar-refractivity contribution in [3.8, 4) is 16.9 Å². The largest absolute Gasteiger partial charge is 0.493 e. The van der Waals surface area contributed by atoms with E-state index in [4.69, 9.17) is 14.6 Å². The van der Waals surface area contributed by atoms with E-state index in [0.717, 1.165) is 63.6 Å². The predicted molar refractivity (Wildman–Crippen MR) is 173 cm³/mol. The van der Waals surface area contributed by atoms with Crippen LogP contribution in [-0.2, 0) is 37.7 Å². The minimum absolute atomic E-state index is 0.239. The van der Waals surface area contributed by atoms with Crippen LogP contribution in [0.1, 0.15) is 60.5 Å². The molecule has 0 bridgehead atoms. The van der Waals surface area contributed by atoms with Gasteiger partial charge in [-0.1, -0.05) is 19.1 Å². The molecule has 0 unspecified atom stereocenters. The number of fused-ring (bicyclic) bond motifs is 3. The summed E-state index contributed by atoms with van der Waals surface area (Å²) in [4.78, 5) is 15.9. The summed E-state index contributed by atoms with van der Waals surface area (Å²) in [6, 6.07) is 13.6. The summed E-state index contributed by atoms with van der Waals surface area (Å²) in [6.07, 6.45) is 3.58. The molecule has 3 heterocycles. The second-order valence-electron chi connectivity index (χ2n) is 11.8. The Bertz CT molecular complexity index is 1880. The smallest absolute Gasteiger partial charge is 0.355 e. The van der Waals surface area contributed by atoms with E-state index < -0.39 is 5.97 Å². The van der Waals surface area contributed by atoms with E-state index in [9.17, 15) is 9.18 Å². The molecule has 3 aromatic carbocycles. The Morgan fingerprint density at radius 2 is 1.78 bits per heavy atom. The molecule has 0 atom stereocenters. The zero-order valence-corrected chi connectivity index (χ0v) is 26.5. The van der Waals surface area contributed by atoms with Gasteiger partial charge in [-0.15, -0.1) is 0 Å². The molecule has 0 saturated heterocycles. The van der Waals surface area contributed by atoms with Crippen LogP contribution in [0.2, 0.25) is 0 Å². The number of ether oxygens (including phenoxy) is 2. The summed E-state index contributed by atoms with van der Waals surface area (Å²) in [5.74, 6) is -0.340. The van der Waals surface area contributed by atoms with Crippen LogP contribution in [-0.4, -0.2) is 52.0 Å². The van der Waals surface area contributed by atoms with E-state index in [1.807, 2.05) is 34.5 Å². The van der Waals surface area contributed by atoms with Crippen LogP contribution in [0.15, 0.2) is 48.5 Å². The molecule has 1 aliphatic rings. The molecule has 0 saturated carbocycles. The van der Waals surface area contributed by atoms with E-state index in [2.05, 4.69) is 18.9 Å². The van der Waals surface area contributed by atoms with Crippen molar-refractivity contribution in [2.75, 3.05) is 26.8 Å². The molecular weight excluding hydrogens is 574 g/mol. The lowest BCUT2D eigenvalue weighted by Gasteiger charge is -2.16. The van der Waals surface area contributed by atoms with Gasteiger partial charge in [-0.2, -0.15) is 5.10 Å². The first kappa shape index (κ1) is 30.8. The van der Waals surface area contributed by atoms with Crippen molar-refractivity contribution in [2.24, 2.45) is 7.05 Å². The molecular formula is C36H40F2N4O3. The lowest BCUT2D eigenvalue weighted by atomic mass is 9.96. The third-order valence-corrected chi connectivity index (χ3v) is 8.79. The van der Waals surface area contributed by atoms with Crippen LogP contribution in [0.5, 0.6) is 5.75 Å². The standard InChI is InChI=1S/C36H40F2N4O3/c1-5-30-33-29(39-41(30)4)22-40(3)18-7-8-19-42-34-27(16-17-28(38)32(33)34)26(35(42)36(43)44-6-2)12-10-20-45-31-13-9-11-23-21-24(37)14-15-25(23)31/h9,11,13-17,21H,5-8,10,12,18-20,22H2,1-4H3. The molecule has 0 amide bonds. The summed E-state index contributed by atoms with van der Waals surface area (Å²) in [7, 11) is 3.98. The van der Waals surface area contributed by atoms with Crippen molar-refractivity contribution in [3.63, 3.8) is 0 Å². The Labute approximate surface area is 262 Å². The minimum Gasteiger partial charge on any atom is -0.493 e. The lowest BCUT2D eigenvalue weighted by molar-refractivity contribution is 0.0512. The Kier molecular flexibility index (Phi) is 8.90. The highest BCUT2D eigenvalue weighted by Gasteiger charge is 2.30. The second kappa shape index (κ2) is 13.0. The van der Waals surface area contributed by atoms with Gasteiger partial charge in [0.2, 0.25) is 0 Å². The van der Waals surface area contributed by atoms with Crippen LogP contribution in [0.4, 0.5) is 8.78 Å². The number of carbonyl (C=O) groups is 1. The molecule has 1 aliphatic heterocycles. The molecule has 0 spiro atoms. The van der Waals surface area contributed by atoms with Gasteiger partial charge in [-0.25, -0.2) is 13.6 Å². The number of nitrogens with zero attached hydrogens (tertiary/aromatic N) is 4. The first-order chi connectivity index (χ1) is 21.8. The SMILES string of the molecule is CCOC(=O)c1c(CCCOc2cccc3cc(F)ccc23)c2ccc(F)c3c2n1CCCCN(C)Cc1nn(C)c(CC)c1-3. The fourth-order valence-electron chi connectivity index (χ4n) is 6.83. The summed E-state index contributed by atoms with van der Waals surface area (Å²) in [6.45, 7) is 6.52. The van der Waals surface area contributed by atoms with Crippen molar-refractivity contribution in [1.82, 2.24) is 19.2 Å². The summed E-state index contributed by atoms with van der Waals surface area (Å²) in [5.41, 5.74) is 5.15. The van der Waals surface area contributed by atoms with Crippen molar-refractivity contribution >= 4 is 27.6 Å². The van der Waals surface area contributed by atoms with E-state index in [1.54, 1.807) is 19.1 Å². The van der Waals surface area contributed by atoms with Gasteiger partial charge in [0.1, 0.15) is 23.1 Å². The van der Waals surface area contributed by atoms with Crippen LogP contribution in [0.25, 0.3) is 32.8 Å². The van der Waals surface area contributed by atoms with Gasteiger partial charge < -0.3 is 18.9 Å². The first-order valence-electron chi connectivity index (χ1n) is 15.9. The Morgan fingerprint density at radius 1 is 0.978 bits per heavy atom. The summed E-state index contributed by atoms with van der Waals surface area (Å²) < 4.78 is 45.6. The fraction of sp³-hybridized carbons (Fsp3) is 0.389. The molecule has 0 aliphatic carbocycles. The van der Waals surface area contributed by atoms with Crippen LogP contribution < -0.4 is 4.74 Å². The highest BCUT2D eigenvalue weighted by molar-refractivity contribution is 6.05. The van der Waals surface area contributed by atoms with E-state index in [-0.39, 0.29) is 18.2 Å².